The van der Waals surface area contributed by atoms with E-state index in [0.29, 0.717) is 6.07 Å². The third-order valence-corrected chi connectivity index (χ3v) is 1.66. The van der Waals surface area contributed by atoms with E-state index in [4.69, 9.17) is 5.11 Å². The third kappa shape index (κ3) is 2.25. The Kier molecular flexibility index (Phi) is 3.11. The summed E-state index contributed by atoms with van der Waals surface area (Å²) in [6.45, 7) is -0.955. The zero-order chi connectivity index (χ0) is 10.7. The van der Waals surface area contributed by atoms with Crippen LogP contribution in [0.1, 0.15) is 11.1 Å². The van der Waals surface area contributed by atoms with E-state index in [0.717, 1.165) is 6.07 Å². The Labute approximate surface area is 78.0 Å². The van der Waals surface area contributed by atoms with Gasteiger partial charge < -0.3 is 5.11 Å². The number of aliphatic carboxylic acids is 1. The molecule has 0 heterocycles. The van der Waals surface area contributed by atoms with Crippen LogP contribution < -0.4 is 0 Å². The Balaban J connectivity index is 3.13. The second kappa shape index (κ2) is 4.13. The Morgan fingerprint density at radius 3 is 2.50 bits per heavy atom. The highest BCUT2D eigenvalue weighted by Crippen LogP contribution is 2.16. The molecule has 0 aliphatic carbocycles. The summed E-state index contributed by atoms with van der Waals surface area (Å²) in [6.07, 6.45) is -0.656. The van der Waals surface area contributed by atoms with E-state index in [9.17, 15) is 18.0 Å². The van der Waals surface area contributed by atoms with E-state index in [-0.39, 0.29) is 11.1 Å². The van der Waals surface area contributed by atoms with Crippen molar-refractivity contribution in [2.24, 2.45) is 0 Å². The standard InChI is InChI=1S/C9H7F3O2/c10-4-5-1-6(3-8(13)14)9(12)7(11)2-5/h1-2H,3-4H2,(H,13,14). The highest BCUT2D eigenvalue weighted by molar-refractivity contribution is 5.70. The van der Waals surface area contributed by atoms with Crippen molar-refractivity contribution in [1.82, 2.24) is 0 Å². The quantitative estimate of drug-likeness (QED) is 0.818. The molecule has 0 aromatic heterocycles. The molecule has 0 saturated heterocycles. The van der Waals surface area contributed by atoms with Gasteiger partial charge in [0.25, 0.3) is 0 Å². The zero-order valence-electron chi connectivity index (χ0n) is 7.06. The molecular formula is C9H7F3O2. The van der Waals surface area contributed by atoms with Crippen LogP contribution in [0.2, 0.25) is 0 Å². The lowest BCUT2D eigenvalue weighted by atomic mass is 10.1. The van der Waals surface area contributed by atoms with Crippen LogP contribution in [0.25, 0.3) is 0 Å². The highest BCUT2D eigenvalue weighted by Gasteiger charge is 2.13. The maximum Gasteiger partial charge on any atom is 0.307 e. The fraction of sp³-hybridized carbons (Fsp3) is 0.222. The van der Waals surface area contributed by atoms with Gasteiger partial charge in [0.05, 0.1) is 6.42 Å². The van der Waals surface area contributed by atoms with Crippen molar-refractivity contribution in [1.29, 1.82) is 0 Å². The molecule has 1 rings (SSSR count). The van der Waals surface area contributed by atoms with Crippen LogP contribution in [-0.2, 0) is 17.9 Å². The minimum atomic E-state index is -1.29. The zero-order valence-corrected chi connectivity index (χ0v) is 7.06. The molecule has 0 saturated carbocycles. The average Bonchev–Trinajstić information content (AvgIpc) is 2.11. The largest absolute Gasteiger partial charge is 0.481 e. The lowest BCUT2D eigenvalue weighted by molar-refractivity contribution is -0.136. The molecular weight excluding hydrogens is 197 g/mol. The first-order valence-corrected chi connectivity index (χ1v) is 3.79. The highest BCUT2D eigenvalue weighted by atomic mass is 19.2. The van der Waals surface area contributed by atoms with Gasteiger partial charge in [0.2, 0.25) is 0 Å². The summed E-state index contributed by atoms with van der Waals surface area (Å²) in [6, 6.07) is 1.72. The van der Waals surface area contributed by atoms with Crippen molar-refractivity contribution in [2.75, 3.05) is 0 Å². The predicted octanol–water partition coefficient (Wildman–Crippen LogP) is 2.06. The number of hydrogen-bond acceptors (Lipinski definition) is 1. The van der Waals surface area contributed by atoms with Gasteiger partial charge in [-0.2, -0.15) is 0 Å². The Bertz CT molecular complexity index is 363. The Morgan fingerprint density at radius 2 is 2.00 bits per heavy atom. The number of benzene rings is 1. The predicted molar refractivity (Wildman–Crippen MR) is 42.5 cm³/mol. The van der Waals surface area contributed by atoms with Crippen LogP contribution in [0.4, 0.5) is 13.2 Å². The van der Waals surface area contributed by atoms with Crippen molar-refractivity contribution >= 4 is 5.97 Å². The molecule has 14 heavy (non-hydrogen) atoms. The SMILES string of the molecule is O=C(O)Cc1cc(CF)cc(F)c1F. The summed E-state index contributed by atoms with van der Waals surface area (Å²) in [5.74, 6) is -3.75. The molecule has 0 bridgehead atoms. The molecule has 0 radical (unpaired) electrons. The van der Waals surface area contributed by atoms with E-state index in [1.165, 1.54) is 0 Å². The third-order valence-electron chi connectivity index (χ3n) is 1.66. The Hall–Kier alpha value is -1.52. The van der Waals surface area contributed by atoms with Crippen LogP contribution in [0.15, 0.2) is 12.1 Å². The normalized spacial score (nSPS) is 10.2. The van der Waals surface area contributed by atoms with Crippen LogP contribution >= 0.6 is 0 Å². The Morgan fingerprint density at radius 1 is 1.36 bits per heavy atom. The van der Waals surface area contributed by atoms with Crippen LogP contribution in [0.5, 0.6) is 0 Å². The van der Waals surface area contributed by atoms with Gasteiger partial charge in [0.1, 0.15) is 6.67 Å². The second-order valence-electron chi connectivity index (χ2n) is 2.75. The number of carboxylic acid groups (broad SMARTS) is 1. The van der Waals surface area contributed by atoms with Gasteiger partial charge in [-0.05, 0) is 17.7 Å². The van der Waals surface area contributed by atoms with Crippen molar-refractivity contribution in [3.8, 4) is 0 Å². The van der Waals surface area contributed by atoms with E-state index in [1.54, 1.807) is 0 Å². The summed E-state index contributed by atoms with van der Waals surface area (Å²) in [5, 5.41) is 8.36. The molecule has 0 unspecified atom stereocenters. The first-order chi connectivity index (χ1) is 6.54. The average molecular weight is 204 g/mol. The summed E-state index contributed by atoms with van der Waals surface area (Å²) >= 11 is 0. The van der Waals surface area contributed by atoms with Gasteiger partial charge in [0.15, 0.2) is 11.6 Å². The summed E-state index contributed by atoms with van der Waals surface area (Å²) in [5.41, 5.74) is -0.412. The summed E-state index contributed by atoms with van der Waals surface area (Å²) in [4.78, 5) is 10.2. The summed E-state index contributed by atoms with van der Waals surface area (Å²) < 4.78 is 37.8. The maximum atomic E-state index is 12.9. The van der Waals surface area contributed by atoms with Crippen molar-refractivity contribution < 1.29 is 23.1 Å². The molecule has 76 valence electrons. The molecule has 0 spiro atoms. The van der Waals surface area contributed by atoms with Gasteiger partial charge in [-0.3, -0.25) is 4.79 Å². The number of hydrogen-bond donors (Lipinski definition) is 1. The lowest BCUT2D eigenvalue weighted by Gasteiger charge is -2.03. The monoisotopic (exact) mass is 204 g/mol. The lowest BCUT2D eigenvalue weighted by Crippen LogP contribution is -2.05. The van der Waals surface area contributed by atoms with Crippen LogP contribution in [0, 0.1) is 11.6 Å². The number of rotatable bonds is 3. The number of halogens is 3. The van der Waals surface area contributed by atoms with E-state index >= 15 is 0 Å². The smallest absolute Gasteiger partial charge is 0.307 e. The molecule has 1 N–H and O–H groups in total. The van der Waals surface area contributed by atoms with Gasteiger partial charge in [-0.15, -0.1) is 0 Å². The molecule has 0 amide bonds. The van der Waals surface area contributed by atoms with Gasteiger partial charge in [-0.25, -0.2) is 13.2 Å². The second-order valence-corrected chi connectivity index (χ2v) is 2.75. The number of carboxylic acids is 1. The van der Waals surface area contributed by atoms with Crippen molar-refractivity contribution in [3.63, 3.8) is 0 Å². The molecule has 0 aliphatic rings. The topological polar surface area (TPSA) is 37.3 Å². The maximum absolute atomic E-state index is 12.9. The fourth-order valence-corrected chi connectivity index (χ4v) is 1.08. The minimum Gasteiger partial charge on any atom is -0.481 e. The van der Waals surface area contributed by atoms with E-state index in [2.05, 4.69) is 0 Å². The van der Waals surface area contributed by atoms with E-state index in [1.807, 2.05) is 0 Å². The minimum absolute atomic E-state index is 0.0693. The fourth-order valence-electron chi connectivity index (χ4n) is 1.08. The molecule has 5 heteroatoms. The van der Waals surface area contributed by atoms with Crippen LogP contribution in [-0.4, -0.2) is 11.1 Å². The molecule has 2 nitrogen and oxygen atoms in total. The molecule has 1 aromatic carbocycles. The number of alkyl halides is 1. The first kappa shape index (κ1) is 10.6. The van der Waals surface area contributed by atoms with Gasteiger partial charge in [-0.1, -0.05) is 0 Å². The van der Waals surface area contributed by atoms with Gasteiger partial charge in [0, 0.05) is 5.56 Å². The van der Waals surface area contributed by atoms with Crippen molar-refractivity contribution in [2.45, 2.75) is 13.1 Å². The molecule has 0 aliphatic heterocycles. The summed E-state index contributed by atoms with van der Waals surface area (Å²) in [7, 11) is 0. The van der Waals surface area contributed by atoms with E-state index < -0.39 is 30.7 Å². The van der Waals surface area contributed by atoms with Crippen LogP contribution in [0.3, 0.4) is 0 Å². The first-order valence-electron chi connectivity index (χ1n) is 3.79. The molecule has 1 aromatic rings. The van der Waals surface area contributed by atoms with Crippen molar-refractivity contribution in [3.05, 3.63) is 34.9 Å². The number of carbonyl (C=O) groups is 1. The van der Waals surface area contributed by atoms with Gasteiger partial charge >= 0.3 is 5.97 Å². The molecule has 0 atom stereocenters. The molecule has 0 fully saturated rings.